The number of halogens is 1. The van der Waals surface area contributed by atoms with Gasteiger partial charge in [0.15, 0.2) is 0 Å². The number of benzene rings is 1. The van der Waals surface area contributed by atoms with Crippen LogP contribution < -0.4 is 16.4 Å². The first-order valence-electron chi connectivity index (χ1n) is 5.63. The van der Waals surface area contributed by atoms with Crippen LogP contribution in [0, 0.1) is 0 Å². The maximum Gasteiger partial charge on any atom is 0.243 e. The molecule has 0 spiro atoms. The molecule has 0 aliphatic carbocycles. The molecular weight excluding hydrogens is 308 g/mol. The summed E-state index contributed by atoms with van der Waals surface area (Å²) in [5.74, 6) is -0.134. The molecular formula is C13H13BrN4O. The summed E-state index contributed by atoms with van der Waals surface area (Å²) >= 11 is 3.35. The summed E-state index contributed by atoms with van der Waals surface area (Å²) < 4.78 is 0.865. The highest BCUT2D eigenvalue weighted by molar-refractivity contribution is 9.10. The lowest BCUT2D eigenvalue weighted by atomic mass is 10.3. The molecule has 2 aromatic rings. The Hall–Kier alpha value is -2.08. The molecule has 0 bridgehead atoms. The van der Waals surface area contributed by atoms with E-state index in [4.69, 9.17) is 5.73 Å². The molecule has 1 heterocycles. The number of anilines is 3. The number of rotatable bonds is 4. The van der Waals surface area contributed by atoms with Crippen molar-refractivity contribution in [3.63, 3.8) is 0 Å². The molecule has 98 valence electrons. The topological polar surface area (TPSA) is 80.0 Å². The number of hydrogen-bond acceptors (Lipinski definition) is 4. The van der Waals surface area contributed by atoms with E-state index in [-0.39, 0.29) is 12.5 Å². The number of amides is 1. The molecule has 0 radical (unpaired) electrons. The van der Waals surface area contributed by atoms with Gasteiger partial charge in [-0.1, -0.05) is 15.9 Å². The van der Waals surface area contributed by atoms with Crippen molar-refractivity contribution < 1.29 is 4.79 Å². The van der Waals surface area contributed by atoms with Gasteiger partial charge >= 0.3 is 0 Å². The Kier molecular flexibility index (Phi) is 4.35. The number of nitrogens with one attached hydrogen (secondary N) is 2. The van der Waals surface area contributed by atoms with E-state index < -0.39 is 0 Å². The summed E-state index contributed by atoms with van der Waals surface area (Å²) in [5, 5.41) is 5.77. The zero-order chi connectivity index (χ0) is 13.7. The van der Waals surface area contributed by atoms with Crippen LogP contribution in [0.5, 0.6) is 0 Å². The molecule has 0 saturated carbocycles. The highest BCUT2D eigenvalue weighted by Gasteiger charge is 2.03. The van der Waals surface area contributed by atoms with Gasteiger partial charge in [0, 0.05) is 33.9 Å². The first-order chi connectivity index (χ1) is 9.13. The molecule has 4 N–H and O–H groups in total. The Labute approximate surface area is 119 Å². The van der Waals surface area contributed by atoms with Crippen molar-refractivity contribution in [3.8, 4) is 0 Å². The van der Waals surface area contributed by atoms with Crippen molar-refractivity contribution >= 4 is 38.9 Å². The molecule has 5 nitrogen and oxygen atoms in total. The van der Waals surface area contributed by atoms with E-state index >= 15 is 0 Å². The lowest BCUT2D eigenvalue weighted by Crippen LogP contribution is -2.21. The predicted molar refractivity (Wildman–Crippen MR) is 79.9 cm³/mol. The zero-order valence-electron chi connectivity index (χ0n) is 10.1. The Morgan fingerprint density at radius 3 is 2.63 bits per heavy atom. The van der Waals surface area contributed by atoms with Crippen LogP contribution in [0.4, 0.5) is 17.1 Å². The number of nitrogens with zero attached hydrogens (tertiary/aromatic N) is 1. The molecule has 6 heteroatoms. The average molecular weight is 321 g/mol. The third-order valence-corrected chi connectivity index (χ3v) is 2.80. The lowest BCUT2D eigenvalue weighted by Gasteiger charge is -2.08. The molecule has 0 saturated heterocycles. The normalized spacial score (nSPS) is 9.95. The van der Waals surface area contributed by atoms with Crippen LogP contribution in [0.2, 0.25) is 0 Å². The van der Waals surface area contributed by atoms with Crippen molar-refractivity contribution in [1.82, 2.24) is 4.98 Å². The second-order valence-corrected chi connectivity index (χ2v) is 4.83. The summed E-state index contributed by atoms with van der Waals surface area (Å²) in [4.78, 5) is 15.6. The molecule has 0 fully saturated rings. The standard InChI is InChI=1S/C13H13BrN4O/c14-9-5-10(15)7-12(6-9)17-8-13(19)18-11-1-3-16-4-2-11/h1-7,17H,8,15H2,(H,16,18,19). The van der Waals surface area contributed by atoms with E-state index in [1.54, 1.807) is 36.7 Å². The molecule has 0 atom stereocenters. The van der Waals surface area contributed by atoms with Crippen LogP contribution in [-0.4, -0.2) is 17.4 Å². The van der Waals surface area contributed by atoms with E-state index in [9.17, 15) is 4.79 Å². The highest BCUT2D eigenvalue weighted by atomic mass is 79.9. The van der Waals surface area contributed by atoms with Gasteiger partial charge in [0.1, 0.15) is 0 Å². The van der Waals surface area contributed by atoms with Crippen LogP contribution in [0.25, 0.3) is 0 Å². The van der Waals surface area contributed by atoms with Gasteiger partial charge < -0.3 is 16.4 Å². The molecule has 1 amide bonds. The summed E-state index contributed by atoms with van der Waals surface area (Å²) in [7, 11) is 0. The fourth-order valence-corrected chi connectivity index (χ4v) is 2.05. The molecule has 0 aliphatic rings. The maximum atomic E-state index is 11.7. The highest BCUT2D eigenvalue weighted by Crippen LogP contribution is 2.20. The fourth-order valence-electron chi connectivity index (χ4n) is 1.54. The van der Waals surface area contributed by atoms with Gasteiger partial charge in [-0.3, -0.25) is 9.78 Å². The quantitative estimate of drug-likeness (QED) is 0.756. The minimum atomic E-state index is -0.134. The van der Waals surface area contributed by atoms with E-state index in [0.29, 0.717) is 5.69 Å². The van der Waals surface area contributed by atoms with Gasteiger partial charge in [0.05, 0.1) is 6.54 Å². The summed E-state index contributed by atoms with van der Waals surface area (Å²) in [6.07, 6.45) is 3.25. The monoisotopic (exact) mass is 320 g/mol. The van der Waals surface area contributed by atoms with Crippen molar-refractivity contribution in [2.75, 3.05) is 22.9 Å². The Balaban J connectivity index is 1.90. The minimum Gasteiger partial charge on any atom is -0.399 e. The van der Waals surface area contributed by atoms with Crippen molar-refractivity contribution in [1.29, 1.82) is 0 Å². The number of nitrogens with two attached hydrogens (primary N) is 1. The zero-order valence-corrected chi connectivity index (χ0v) is 11.6. The van der Waals surface area contributed by atoms with Crippen LogP contribution in [0.3, 0.4) is 0 Å². The largest absolute Gasteiger partial charge is 0.399 e. The van der Waals surface area contributed by atoms with Gasteiger partial charge in [-0.25, -0.2) is 0 Å². The third kappa shape index (κ3) is 4.26. The van der Waals surface area contributed by atoms with Crippen LogP contribution in [0.15, 0.2) is 47.2 Å². The Bertz CT molecular complexity index is 554. The number of hydrogen-bond donors (Lipinski definition) is 3. The van der Waals surface area contributed by atoms with E-state index in [1.807, 2.05) is 6.07 Å². The second-order valence-electron chi connectivity index (χ2n) is 3.91. The number of carbonyl (C=O) groups excluding carboxylic acids is 1. The number of nitrogen functional groups attached to an aromatic ring is 1. The van der Waals surface area contributed by atoms with E-state index in [1.165, 1.54) is 0 Å². The van der Waals surface area contributed by atoms with Crippen LogP contribution >= 0.6 is 15.9 Å². The summed E-state index contributed by atoms with van der Waals surface area (Å²) in [5.41, 5.74) is 7.85. The SMILES string of the molecule is Nc1cc(Br)cc(NCC(=O)Nc2ccncc2)c1. The first-order valence-corrected chi connectivity index (χ1v) is 6.42. The third-order valence-electron chi connectivity index (χ3n) is 2.34. The summed E-state index contributed by atoms with van der Waals surface area (Å²) in [6, 6.07) is 8.88. The Morgan fingerprint density at radius 2 is 1.95 bits per heavy atom. The first kappa shape index (κ1) is 13.4. The van der Waals surface area contributed by atoms with Gasteiger partial charge in [0.2, 0.25) is 5.91 Å². The summed E-state index contributed by atoms with van der Waals surface area (Å²) in [6.45, 7) is 0.165. The Morgan fingerprint density at radius 1 is 1.21 bits per heavy atom. The average Bonchev–Trinajstić information content (AvgIpc) is 2.36. The van der Waals surface area contributed by atoms with Gasteiger partial charge in [-0.15, -0.1) is 0 Å². The lowest BCUT2D eigenvalue weighted by molar-refractivity contribution is -0.114. The second kappa shape index (κ2) is 6.19. The van der Waals surface area contributed by atoms with Gasteiger partial charge in [-0.2, -0.15) is 0 Å². The smallest absolute Gasteiger partial charge is 0.243 e. The molecule has 0 unspecified atom stereocenters. The fraction of sp³-hybridized carbons (Fsp3) is 0.0769. The molecule has 2 rings (SSSR count). The van der Waals surface area contributed by atoms with Crippen molar-refractivity contribution in [2.24, 2.45) is 0 Å². The van der Waals surface area contributed by atoms with E-state index in [2.05, 4.69) is 31.5 Å². The van der Waals surface area contributed by atoms with Gasteiger partial charge in [0.25, 0.3) is 0 Å². The van der Waals surface area contributed by atoms with Crippen LogP contribution in [-0.2, 0) is 4.79 Å². The molecule has 19 heavy (non-hydrogen) atoms. The van der Waals surface area contributed by atoms with Crippen molar-refractivity contribution in [2.45, 2.75) is 0 Å². The maximum absolute atomic E-state index is 11.7. The number of aromatic nitrogens is 1. The van der Waals surface area contributed by atoms with Gasteiger partial charge in [-0.05, 0) is 30.3 Å². The molecule has 0 aliphatic heterocycles. The van der Waals surface area contributed by atoms with Crippen LogP contribution in [0.1, 0.15) is 0 Å². The minimum absolute atomic E-state index is 0.134. The van der Waals surface area contributed by atoms with Crippen molar-refractivity contribution in [3.05, 3.63) is 47.2 Å². The molecule has 1 aromatic carbocycles. The predicted octanol–water partition coefficient (Wildman–Crippen LogP) is 2.48. The van der Waals surface area contributed by atoms with E-state index in [0.717, 1.165) is 15.8 Å². The number of carbonyl (C=O) groups is 1. The molecule has 1 aromatic heterocycles. The number of pyridine rings is 1.